The largest absolute Gasteiger partial charge is 0.481 e. The smallest absolute Gasteiger partial charge is 0.478 e. The zero-order valence-electron chi connectivity index (χ0n) is 12.3. The van der Waals surface area contributed by atoms with E-state index >= 15 is 0 Å². The van der Waals surface area contributed by atoms with E-state index in [4.69, 9.17) is 14.9 Å². The quantitative estimate of drug-likeness (QED) is 0.437. The van der Waals surface area contributed by atoms with Crippen molar-refractivity contribution in [2.24, 2.45) is 0 Å². The highest BCUT2D eigenvalue weighted by molar-refractivity contribution is 7.11. The van der Waals surface area contributed by atoms with Gasteiger partial charge < -0.3 is 25.2 Å². The molecule has 2 atom stereocenters. The fraction of sp³-hybridized carbons (Fsp3) is 0.429. The fourth-order valence-electron chi connectivity index (χ4n) is 2.43. The van der Waals surface area contributed by atoms with Gasteiger partial charge in [0, 0.05) is 4.88 Å². The summed E-state index contributed by atoms with van der Waals surface area (Å²) >= 11 is 1.37. The lowest BCUT2D eigenvalue weighted by atomic mass is 9.72. The van der Waals surface area contributed by atoms with Gasteiger partial charge in [0.25, 0.3) is 5.91 Å². The van der Waals surface area contributed by atoms with Crippen molar-refractivity contribution >= 4 is 35.9 Å². The van der Waals surface area contributed by atoms with Crippen LogP contribution in [0.3, 0.4) is 0 Å². The summed E-state index contributed by atoms with van der Waals surface area (Å²) in [6.45, 7) is -0.273. The van der Waals surface area contributed by atoms with Gasteiger partial charge in [0.05, 0.1) is 30.6 Å². The molecule has 2 heterocycles. The molecule has 1 aliphatic rings. The predicted octanol–water partition coefficient (Wildman–Crippen LogP) is 0.282. The van der Waals surface area contributed by atoms with Crippen LogP contribution in [0.1, 0.15) is 24.1 Å². The first kappa shape index (κ1) is 17.7. The minimum atomic E-state index is -1.25. The van der Waals surface area contributed by atoms with Gasteiger partial charge in [-0.3, -0.25) is 9.59 Å². The third-order valence-electron chi connectivity index (χ3n) is 3.52. The van der Waals surface area contributed by atoms with E-state index in [1.807, 2.05) is 5.38 Å². The molecule has 1 aromatic rings. The average molecular weight is 339 g/mol. The molecular formula is C14H18BNO6S. The van der Waals surface area contributed by atoms with Crippen LogP contribution >= 0.6 is 11.3 Å². The normalized spacial score (nSPS) is 22.0. The number of hydrogen-bond acceptors (Lipinski definition) is 6. The first-order chi connectivity index (χ1) is 11.0. The summed E-state index contributed by atoms with van der Waals surface area (Å²) in [5.74, 6) is -2.02. The average Bonchev–Trinajstić information content (AvgIpc) is 3.00. The molecule has 0 spiro atoms. The fourth-order valence-corrected chi connectivity index (χ4v) is 3.19. The number of aliphatic carboxylic acids is 1. The van der Waals surface area contributed by atoms with E-state index in [1.165, 1.54) is 17.4 Å². The van der Waals surface area contributed by atoms with Crippen LogP contribution in [0.5, 0.6) is 0 Å². The van der Waals surface area contributed by atoms with E-state index in [2.05, 4.69) is 5.32 Å². The Balaban J connectivity index is 1.97. The molecule has 0 aliphatic carbocycles. The Morgan fingerprint density at radius 1 is 1.48 bits per heavy atom. The van der Waals surface area contributed by atoms with Gasteiger partial charge in [-0.05, 0) is 30.4 Å². The lowest BCUT2D eigenvalue weighted by Gasteiger charge is -2.31. The lowest BCUT2D eigenvalue weighted by molar-refractivity contribution is -0.139. The molecule has 1 aromatic heterocycles. The van der Waals surface area contributed by atoms with Gasteiger partial charge in [-0.1, -0.05) is 6.07 Å². The molecule has 9 heteroatoms. The minimum Gasteiger partial charge on any atom is -0.481 e. The molecular weight excluding hydrogens is 321 g/mol. The number of carbonyl (C=O) groups excluding carboxylic acids is 1. The van der Waals surface area contributed by atoms with E-state index in [1.54, 1.807) is 12.1 Å². The number of hydrogen-bond donors (Lipinski definition) is 4. The monoisotopic (exact) mass is 339 g/mol. The topological polar surface area (TPSA) is 116 Å². The number of thiophene rings is 1. The van der Waals surface area contributed by atoms with Gasteiger partial charge in [0.15, 0.2) is 0 Å². The van der Waals surface area contributed by atoms with Gasteiger partial charge in [0.1, 0.15) is 0 Å². The van der Waals surface area contributed by atoms with Crippen LogP contribution in [0.2, 0.25) is 0 Å². The first-order valence-electron chi connectivity index (χ1n) is 7.22. The Morgan fingerprint density at radius 2 is 2.26 bits per heavy atom. The zero-order chi connectivity index (χ0) is 16.8. The van der Waals surface area contributed by atoms with E-state index in [0.717, 1.165) is 0 Å². The summed E-state index contributed by atoms with van der Waals surface area (Å²) in [5, 5.41) is 32.3. The van der Waals surface area contributed by atoms with Crippen LogP contribution in [0.15, 0.2) is 23.6 Å². The molecule has 7 nitrogen and oxygen atoms in total. The molecule has 0 bridgehead atoms. The third kappa shape index (κ3) is 4.90. The maximum Gasteiger partial charge on any atom is 0.478 e. The van der Waals surface area contributed by atoms with Crippen molar-refractivity contribution < 1.29 is 29.5 Å². The van der Waals surface area contributed by atoms with E-state index < -0.39 is 31.0 Å². The number of carbonyl (C=O) groups is 2. The van der Waals surface area contributed by atoms with Crippen LogP contribution < -0.4 is 5.32 Å². The predicted molar refractivity (Wildman–Crippen MR) is 85.6 cm³/mol. The maximum atomic E-state index is 12.4. The van der Waals surface area contributed by atoms with Crippen molar-refractivity contribution in [2.75, 3.05) is 6.61 Å². The lowest BCUT2D eigenvalue weighted by Crippen LogP contribution is -2.53. The van der Waals surface area contributed by atoms with E-state index in [9.17, 15) is 14.6 Å². The number of carboxylic acid groups (broad SMARTS) is 1. The highest BCUT2D eigenvalue weighted by Crippen LogP contribution is 2.22. The zero-order valence-corrected chi connectivity index (χ0v) is 13.2. The molecule has 1 amide bonds. The van der Waals surface area contributed by atoms with Crippen LogP contribution in [-0.4, -0.2) is 52.9 Å². The Hall–Kier alpha value is -1.68. The van der Waals surface area contributed by atoms with Crippen molar-refractivity contribution in [1.82, 2.24) is 5.32 Å². The second-order valence-corrected chi connectivity index (χ2v) is 6.13. The molecule has 0 aromatic carbocycles. The highest BCUT2D eigenvalue weighted by atomic mass is 32.1. The second kappa shape index (κ2) is 8.25. The van der Waals surface area contributed by atoms with E-state index in [0.29, 0.717) is 23.3 Å². The third-order valence-corrected chi connectivity index (χ3v) is 4.42. The van der Waals surface area contributed by atoms with E-state index in [-0.39, 0.29) is 13.0 Å². The maximum absolute atomic E-state index is 12.4. The summed E-state index contributed by atoms with van der Waals surface area (Å²) in [6, 6.07) is 3.57. The van der Waals surface area contributed by atoms with Crippen LogP contribution in [0.4, 0.5) is 0 Å². The number of amides is 1. The molecule has 1 aliphatic heterocycles. The molecule has 23 heavy (non-hydrogen) atoms. The number of rotatable bonds is 6. The second-order valence-electron chi connectivity index (χ2n) is 5.18. The number of aliphatic hydroxyl groups is 1. The summed E-state index contributed by atoms with van der Waals surface area (Å²) < 4.78 is 5.23. The Kier molecular flexibility index (Phi) is 6.34. The molecule has 0 saturated carbocycles. The van der Waals surface area contributed by atoms with Crippen LogP contribution in [0.25, 0.3) is 5.57 Å². The number of carboxylic acids is 1. The molecule has 124 valence electrons. The van der Waals surface area contributed by atoms with Crippen molar-refractivity contribution in [3.05, 3.63) is 28.5 Å². The van der Waals surface area contributed by atoms with Gasteiger partial charge in [0.2, 0.25) is 0 Å². The van der Waals surface area contributed by atoms with Crippen molar-refractivity contribution in [2.45, 2.75) is 31.3 Å². The molecule has 1 fully saturated rings. The standard InChI is InChI=1S/C14H18BNO6S/c17-6-5-10(11-2-1-7-23-11)14(20)16-12-4-3-9(8-13(18)19)22-15(12)21/h1-2,5,7,9,12,17,21H,3-4,6,8H2,(H,16,20)(H,18,19)/b10-5-. The molecule has 1 saturated heterocycles. The molecule has 2 rings (SSSR count). The number of aliphatic hydroxyl groups excluding tert-OH is 1. The van der Waals surface area contributed by atoms with Crippen LogP contribution in [0, 0.1) is 0 Å². The SMILES string of the molecule is O=C(O)CC1CCC(NC(=O)/C(=C\CO)c2cccs2)B(O)O1. The van der Waals surface area contributed by atoms with Gasteiger partial charge in [-0.25, -0.2) is 0 Å². The van der Waals surface area contributed by atoms with Crippen molar-refractivity contribution in [1.29, 1.82) is 0 Å². The number of nitrogens with one attached hydrogen (secondary N) is 1. The van der Waals surface area contributed by atoms with Gasteiger partial charge in [-0.2, -0.15) is 0 Å². The molecule has 2 unspecified atom stereocenters. The van der Waals surface area contributed by atoms with Gasteiger partial charge in [-0.15, -0.1) is 11.3 Å². The highest BCUT2D eigenvalue weighted by Gasteiger charge is 2.37. The van der Waals surface area contributed by atoms with Gasteiger partial charge >= 0.3 is 13.1 Å². The Morgan fingerprint density at radius 3 is 2.83 bits per heavy atom. The first-order valence-corrected chi connectivity index (χ1v) is 8.10. The summed E-state index contributed by atoms with van der Waals surface area (Å²) in [5.41, 5.74) is 0.336. The minimum absolute atomic E-state index is 0.178. The van der Waals surface area contributed by atoms with Crippen molar-refractivity contribution in [3.8, 4) is 0 Å². The molecule has 4 N–H and O–H groups in total. The summed E-state index contributed by atoms with van der Waals surface area (Å²) in [6.07, 6.45) is 1.53. The summed E-state index contributed by atoms with van der Waals surface area (Å²) in [7, 11) is -1.25. The Bertz CT molecular complexity index is 576. The van der Waals surface area contributed by atoms with Crippen molar-refractivity contribution in [3.63, 3.8) is 0 Å². The summed E-state index contributed by atoms with van der Waals surface area (Å²) in [4.78, 5) is 23.7. The molecule has 0 radical (unpaired) electrons. The van der Waals surface area contributed by atoms with Crippen LogP contribution in [-0.2, 0) is 14.2 Å². The Labute approximate surface area is 137 Å².